The molecule has 0 radical (unpaired) electrons. The van der Waals surface area contributed by atoms with Gasteiger partial charge < -0.3 is 9.47 Å². The standard InChI is InChI=1S/C22H28O4/c23-21(25-18-12-6-2-7-13-18)20(16-17-10-4-1-5-11-17)22(24)26-19-14-8-3-9-15-19/h1,4-5,10-11,16,18-19H,2-3,6-9,12-15H2. The average Bonchev–Trinajstić information content (AvgIpc) is 2.68. The number of hydrogen-bond donors (Lipinski definition) is 0. The maximum atomic E-state index is 12.7. The molecule has 0 aliphatic heterocycles. The molecule has 0 N–H and O–H groups in total. The Morgan fingerprint density at radius 3 is 1.65 bits per heavy atom. The second kappa shape index (κ2) is 9.56. The van der Waals surface area contributed by atoms with Gasteiger partial charge in [0.15, 0.2) is 0 Å². The summed E-state index contributed by atoms with van der Waals surface area (Å²) in [6.07, 6.45) is 11.6. The minimum Gasteiger partial charge on any atom is -0.459 e. The van der Waals surface area contributed by atoms with Crippen molar-refractivity contribution in [2.24, 2.45) is 0 Å². The van der Waals surface area contributed by atoms with E-state index in [0.29, 0.717) is 0 Å². The van der Waals surface area contributed by atoms with Crippen molar-refractivity contribution in [2.45, 2.75) is 76.4 Å². The maximum Gasteiger partial charge on any atom is 0.345 e. The summed E-state index contributed by atoms with van der Waals surface area (Å²) in [5, 5.41) is 0. The molecule has 0 atom stereocenters. The van der Waals surface area contributed by atoms with Crippen LogP contribution in [-0.2, 0) is 19.1 Å². The number of ether oxygens (including phenoxy) is 2. The van der Waals surface area contributed by atoms with Gasteiger partial charge in [-0.25, -0.2) is 9.59 Å². The number of hydrogen-bond acceptors (Lipinski definition) is 4. The molecule has 140 valence electrons. The average molecular weight is 356 g/mol. The zero-order chi connectivity index (χ0) is 18.2. The molecule has 0 aromatic heterocycles. The summed E-state index contributed by atoms with van der Waals surface area (Å²) in [5.74, 6) is -1.11. The molecule has 0 amide bonds. The monoisotopic (exact) mass is 356 g/mol. The summed E-state index contributed by atoms with van der Waals surface area (Å²) < 4.78 is 11.3. The number of esters is 2. The lowest BCUT2D eigenvalue weighted by Gasteiger charge is -2.24. The molecule has 1 aromatic carbocycles. The highest BCUT2D eigenvalue weighted by Crippen LogP contribution is 2.24. The van der Waals surface area contributed by atoms with Crippen LogP contribution in [0.3, 0.4) is 0 Å². The maximum absolute atomic E-state index is 12.7. The summed E-state index contributed by atoms with van der Waals surface area (Å²) in [6, 6.07) is 9.38. The Morgan fingerprint density at radius 1 is 0.731 bits per heavy atom. The molecule has 2 aliphatic rings. The minimum atomic E-state index is -0.554. The van der Waals surface area contributed by atoms with Crippen molar-refractivity contribution >= 4 is 18.0 Å². The molecule has 26 heavy (non-hydrogen) atoms. The number of rotatable bonds is 5. The quantitative estimate of drug-likeness (QED) is 0.328. The zero-order valence-corrected chi connectivity index (χ0v) is 15.3. The Labute approximate surface area is 155 Å². The first kappa shape index (κ1) is 18.7. The van der Waals surface area contributed by atoms with Crippen LogP contribution in [0, 0.1) is 0 Å². The third-order valence-electron chi connectivity index (χ3n) is 5.20. The molecule has 1 aromatic rings. The van der Waals surface area contributed by atoms with E-state index in [9.17, 15) is 9.59 Å². The first-order valence-electron chi connectivity index (χ1n) is 9.91. The fourth-order valence-electron chi connectivity index (χ4n) is 3.71. The Morgan fingerprint density at radius 2 is 1.19 bits per heavy atom. The van der Waals surface area contributed by atoms with E-state index in [1.165, 1.54) is 12.8 Å². The van der Waals surface area contributed by atoms with Crippen molar-refractivity contribution in [3.8, 4) is 0 Å². The highest BCUT2D eigenvalue weighted by Gasteiger charge is 2.28. The van der Waals surface area contributed by atoms with Gasteiger partial charge in [0, 0.05) is 0 Å². The minimum absolute atomic E-state index is 0.00680. The van der Waals surface area contributed by atoms with E-state index in [0.717, 1.165) is 56.9 Å². The summed E-state index contributed by atoms with van der Waals surface area (Å²) >= 11 is 0. The van der Waals surface area contributed by atoms with Gasteiger partial charge in [0.05, 0.1) is 0 Å². The Bertz CT molecular complexity index is 589. The molecule has 0 saturated heterocycles. The van der Waals surface area contributed by atoms with Crippen LogP contribution in [0.2, 0.25) is 0 Å². The molecular formula is C22H28O4. The largest absolute Gasteiger partial charge is 0.459 e. The van der Waals surface area contributed by atoms with E-state index >= 15 is 0 Å². The Kier molecular flexibility index (Phi) is 6.87. The zero-order valence-electron chi connectivity index (χ0n) is 15.3. The summed E-state index contributed by atoms with van der Waals surface area (Å²) in [5.41, 5.74) is 0.802. The van der Waals surface area contributed by atoms with E-state index in [4.69, 9.17) is 9.47 Å². The second-order valence-corrected chi connectivity index (χ2v) is 7.30. The summed E-state index contributed by atoms with van der Waals surface area (Å²) in [4.78, 5) is 25.4. The van der Waals surface area contributed by atoms with Crippen molar-refractivity contribution in [2.75, 3.05) is 0 Å². The first-order valence-corrected chi connectivity index (χ1v) is 9.91. The van der Waals surface area contributed by atoms with Gasteiger partial charge in [0.25, 0.3) is 0 Å². The topological polar surface area (TPSA) is 52.6 Å². The fraction of sp³-hybridized carbons (Fsp3) is 0.545. The van der Waals surface area contributed by atoms with E-state index in [1.54, 1.807) is 6.08 Å². The molecule has 2 fully saturated rings. The Hall–Kier alpha value is -2.10. The van der Waals surface area contributed by atoms with Crippen molar-refractivity contribution < 1.29 is 19.1 Å². The molecule has 0 heterocycles. The third-order valence-corrected chi connectivity index (χ3v) is 5.20. The van der Waals surface area contributed by atoms with Crippen LogP contribution in [0.15, 0.2) is 35.9 Å². The molecule has 0 spiro atoms. The highest BCUT2D eigenvalue weighted by molar-refractivity contribution is 6.17. The van der Waals surface area contributed by atoms with E-state index in [2.05, 4.69) is 0 Å². The van der Waals surface area contributed by atoms with Gasteiger partial charge in [-0.2, -0.15) is 0 Å². The van der Waals surface area contributed by atoms with E-state index in [1.807, 2.05) is 30.3 Å². The summed E-state index contributed by atoms with van der Waals surface area (Å²) in [6.45, 7) is 0. The molecule has 2 saturated carbocycles. The van der Waals surface area contributed by atoms with Crippen molar-refractivity contribution in [3.63, 3.8) is 0 Å². The van der Waals surface area contributed by atoms with Crippen LogP contribution in [0.1, 0.15) is 69.8 Å². The normalized spacial score (nSPS) is 18.8. The predicted octanol–water partition coefficient (Wildman–Crippen LogP) is 4.82. The van der Waals surface area contributed by atoms with E-state index in [-0.39, 0.29) is 17.8 Å². The van der Waals surface area contributed by atoms with Crippen molar-refractivity contribution in [3.05, 3.63) is 41.5 Å². The predicted molar refractivity (Wildman–Crippen MR) is 100 cm³/mol. The molecule has 4 nitrogen and oxygen atoms in total. The lowest BCUT2D eigenvalue weighted by Crippen LogP contribution is -2.28. The SMILES string of the molecule is O=C(OC1CCCCC1)C(=Cc1ccccc1)C(=O)OC1CCCCC1. The fourth-order valence-corrected chi connectivity index (χ4v) is 3.71. The van der Waals surface area contributed by atoms with Crippen LogP contribution in [0.5, 0.6) is 0 Å². The van der Waals surface area contributed by atoms with Crippen LogP contribution in [0.25, 0.3) is 6.08 Å². The van der Waals surface area contributed by atoms with Crippen LogP contribution < -0.4 is 0 Å². The van der Waals surface area contributed by atoms with Crippen molar-refractivity contribution in [1.82, 2.24) is 0 Å². The molecule has 0 unspecified atom stereocenters. The summed E-state index contributed by atoms with van der Waals surface area (Å²) in [7, 11) is 0. The number of benzene rings is 1. The molecule has 0 bridgehead atoms. The highest BCUT2D eigenvalue weighted by atomic mass is 16.6. The van der Waals surface area contributed by atoms with Gasteiger partial charge in [0.1, 0.15) is 17.8 Å². The third kappa shape index (κ3) is 5.45. The second-order valence-electron chi connectivity index (χ2n) is 7.30. The molecule has 2 aliphatic carbocycles. The molecule has 3 rings (SSSR count). The van der Waals surface area contributed by atoms with E-state index < -0.39 is 11.9 Å². The van der Waals surface area contributed by atoms with Crippen LogP contribution >= 0.6 is 0 Å². The van der Waals surface area contributed by atoms with Gasteiger partial charge in [-0.1, -0.05) is 43.2 Å². The Balaban J connectivity index is 1.73. The number of carbonyl (C=O) groups is 2. The van der Waals surface area contributed by atoms with Gasteiger partial charge in [-0.05, 0) is 63.0 Å². The van der Waals surface area contributed by atoms with Crippen LogP contribution in [0.4, 0.5) is 0 Å². The van der Waals surface area contributed by atoms with Gasteiger partial charge in [-0.3, -0.25) is 0 Å². The molecular weight excluding hydrogens is 328 g/mol. The van der Waals surface area contributed by atoms with Gasteiger partial charge in [0.2, 0.25) is 0 Å². The van der Waals surface area contributed by atoms with Gasteiger partial charge >= 0.3 is 11.9 Å². The molecule has 4 heteroatoms. The first-order chi connectivity index (χ1) is 12.7. The van der Waals surface area contributed by atoms with Crippen LogP contribution in [-0.4, -0.2) is 24.1 Å². The lowest BCUT2D eigenvalue weighted by molar-refractivity contribution is -0.154. The number of carbonyl (C=O) groups excluding carboxylic acids is 2. The smallest absolute Gasteiger partial charge is 0.345 e. The van der Waals surface area contributed by atoms with Gasteiger partial charge in [-0.15, -0.1) is 0 Å². The lowest BCUT2D eigenvalue weighted by atomic mass is 9.97. The van der Waals surface area contributed by atoms with Crippen molar-refractivity contribution in [1.29, 1.82) is 0 Å².